The highest BCUT2D eigenvalue weighted by atomic mass is 35.5. The number of nitro groups is 1. The van der Waals surface area contributed by atoms with Gasteiger partial charge in [-0.05, 0) is 5.56 Å². The molecule has 20 heavy (non-hydrogen) atoms. The number of ether oxygens (including phenoxy) is 2. The van der Waals surface area contributed by atoms with Crippen LogP contribution < -0.4 is 14.8 Å². The molecule has 0 radical (unpaired) electrons. The van der Waals surface area contributed by atoms with E-state index in [4.69, 9.17) is 21.1 Å². The first-order valence-electron chi connectivity index (χ1n) is 5.68. The number of hydrogen-bond acceptors (Lipinski definition) is 6. The fourth-order valence-electron chi connectivity index (χ4n) is 1.80. The van der Waals surface area contributed by atoms with Gasteiger partial charge in [-0.25, -0.2) is 0 Å². The van der Waals surface area contributed by atoms with E-state index in [0.717, 1.165) is 16.9 Å². The molecular weight excluding hydrogens is 304 g/mol. The molecule has 104 valence electrons. The quantitative estimate of drug-likeness (QED) is 0.689. The number of benzene rings is 1. The Kier molecular flexibility index (Phi) is 3.37. The molecule has 0 amide bonds. The van der Waals surface area contributed by atoms with Crippen molar-refractivity contribution in [1.29, 1.82) is 0 Å². The molecule has 0 saturated heterocycles. The van der Waals surface area contributed by atoms with Crippen molar-refractivity contribution in [2.24, 2.45) is 0 Å². The summed E-state index contributed by atoms with van der Waals surface area (Å²) in [5.74, 6) is 1.25. The van der Waals surface area contributed by atoms with Crippen LogP contribution >= 0.6 is 22.9 Å². The Labute approximate surface area is 123 Å². The van der Waals surface area contributed by atoms with E-state index in [1.54, 1.807) is 23.6 Å². The van der Waals surface area contributed by atoms with Gasteiger partial charge in [0.15, 0.2) is 11.5 Å². The minimum Gasteiger partial charge on any atom is -0.454 e. The molecule has 1 aromatic heterocycles. The molecule has 1 aliphatic rings. The molecular formula is C12H9ClN2O4S. The third kappa shape index (κ3) is 2.50. The van der Waals surface area contributed by atoms with Crippen LogP contribution in [0.1, 0.15) is 5.56 Å². The second-order valence-corrected chi connectivity index (χ2v) is 5.39. The predicted octanol–water partition coefficient (Wildman–Crippen LogP) is 3.65. The number of thiophene rings is 1. The maximum absolute atomic E-state index is 10.6. The molecule has 1 aliphatic heterocycles. The van der Waals surface area contributed by atoms with Gasteiger partial charge in [-0.3, -0.25) is 10.1 Å². The van der Waals surface area contributed by atoms with Gasteiger partial charge in [0.25, 0.3) is 0 Å². The van der Waals surface area contributed by atoms with E-state index in [2.05, 4.69) is 5.32 Å². The first-order valence-corrected chi connectivity index (χ1v) is 6.94. The standard InChI is InChI=1S/C12H9ClN2O4S/c13-8-2-10-11(19-6-18-10)3-9(8)14-4-7-1-12(15(16)17)20-5-7/h1-3,5,14H,4,6H2. The van der Waals surface area contributed by atoms with E-state index in [1.165, 1.54) is 0 Å². The van der Waals surface area contributed by atoms with Gasteiger partial charge in [0.1, 0.15) is 0 Å². The van der Waals surface area contributed by atoms with Gasteiger partial charge in [-0.1, -0.05) is 22.9 Å². The average Bonchev–Trinajstić information content (AvgIpc) is 3.03. The van der Waals surface area contributed by atoms with E-state index in [-0.39, 0.29) is 11.8 Å². The average molecular weight is 313 g/mol. The fourth-order valence-corrected chi connectivity index (χ4v) is 2.75. The summed E-state index contributed by atoms with van der Waals surface area (Å²) < 4.78 is 10.5. The van der Waals surface area contributed by atoms with Crippen molar-refractivity contribution in [3.63, 3.8) is 0 Å². The van der Waals surface area contributed by atoms with Crippen molar-refractivity contribution in [2.45, 2.75) is 6.54 Å². The van der Waals surface area contributed by atoms with E-state index in [0.29, 0.717) is 28.8 Å². The zero-order valence-electron chi connectivity index (χ0n) is 10.1. The van der Waals surface area contributed by atoms with Gasteiger partial charge in [0, 0.05) is 30.1 Å². The van der Waals surface area contributed by atoms with E-state index in [1.807, 2.05) is 0 Å². The molecule has 0 spiro atoms. The van der Waals surface area contributed by atoms with Crippen LogP contribution in [0.25, 0.3) is 0 Å². The Morgan fingerprint density at radius 3 is 2.80 bits per heavy atom. The van der Waals surface area contributed by atoms with Crippen molar-refractivity contribution in [3.05, 3.63) is 44.3 Å². The monoisotopic (exact) mass is 312 g/mol. The van der Waals surface area contributed by atoms with Crippen LogP contribution in [0, 0.1) is 10.1 Å². The SMILES string of the molecule is O=[N+]([O-])c1cc(CNc2cc3c(cc2Cl)OCO3)cs1. The molecule has 0 saturated carbocycles. The third-order valence-electron chi connectivity index (χ3n) is 2.77. The minimum atomic E-state index is -0.401. The topological polar surface area (TPSA) is 73.6 Å². The summed E-state index contributed by atoms with van der Waals surface area (Å²) in [6.45, 7) is 0.634. The van der Waals surface area contributed by atoms with Gasteiger partial charge in [-0.15, -0.1) is 0 Å². The van der Waals surface area contributed by atoms with Crippen molar-refractivity contribution in [3.8, 4) is 11.5 Å². The zero-order chi connectivity index (χ0) is 14.1. The molecule has 0 bridgehead atoms. The number of hydrogen-bond donors (Lipinski definition) is 1. The Morgan fingerprint density at radius 2 is 2.10 bits per heavy atom. The van der Waals surface area contributed by atoms with Crippen LogP contribution in [-0.2, 0) is 6.54 Å². The molecule has 0 aliphatic carbocycles. The summed E-state index contributed by atoms with van der Waals surface area (Å²) in [6.07, 6.45) is 0. The minimum absolute atomic E-state index is 0.124. The maximum Gasteiger partial charge on any atom is 0.324 e. The predicted molar refractivity (Wildman–Crippen MR) is 75.9 cm³/mol. The highest BCUT2D eigenvalue weighted by Crippen LogP contribution is 2.39. The highest BCUT2D eigenvalue weighted by molar-refractivity contribution is 7.13. The summed E-state index contributed by atoms with van der Waals surface area (Å²) in [6, 6.07) is 4.98. The maximum atomic E-state index is 10.6. The van der Waals surface area contributed by atoms with Gasteiger partial charge >= 0.3 is 5.00 Å². The van der Waals surface area contributed by atoms with E-state index >= 15 is 0 Å². The number of anilines is 1. The molecule has 2 heterocycles. The van der Waals surface area contributed by atoms with Crippen LogP contribution in [0.4, 0.5) is 10.7 Å². The van der Waals surface area contributed by atoms with Crippen molar-refractivity contribution in [1.82, 2.24) is 0 Å². The normalized spacial score (nSPS) is 12.4. The zero-order valence-corrected chi connectivity index (χ0v) is 11.7. The van der Waals surface area contributed by atoms with E-state index < -0.39 is 4.92 Å². The molecule has 2 aromatic rings. The van der Waals surface area contributed by atoms with Gasteiger partial charge in [0.05, 0.1) is 15.6 Å². The fraction of sp³-hybridized carbons (Fsp3) is 0.167. The number of nitrogens with one attached hydrogen (secondary N) is 1. The first kappa shape index (κ1) is 13.0. The second kappa shape index (κ2) is 5.18. The lowest BCUT2D eigenvalue weighted by atomic mass is 10.2. The molecule has 1 aromatic carbocycles. The summed E-state index contributed by atoms with van der Waals surface area (Å²) in [4.78, 5) is 10.2. The number of nitrogens with zero attached hydrogens (tertiary/aromatic N) is 1. The van der Waals surface area contributed by atoms with Crippen LogP contribution in [0.3, 0.4) is 0 Å². The number of rotatable bonds is 4. The highest BCUT2D eigenvalue weighted by Gasteiger charge is 2.16. The molecule has 6 nitrogen and oxygen atoms in total. The van der Waals surface area contributed by atoms with E-state index in [9.17, 15) is 10.1 Å². The van der Waals surface area contributed by atoms with Crippen LogP contribution in [0.5, 0.6) is 11.5 Å². The molecule has 1 N–H and O–H groups in total. The lowest BCUT2D eigenvalue weighted by Gasteiger charge is -2.08. The van der Waals surface area contributed by atoms with Gasteiger partial charge in [0.2, 0.25) is 6.79 Å². The second-order valence-electron chi connectivity index (χ2n) is 4.09. The van der Waals surface area contributed by atoms with Gasteiger partial charge in [-0.2, -0.15) is 0 Å². The van der Waals surface area contributed by atoms with Crippen molar-refractivity contribution < 1.29 is 14.4 Å². The summed E-state index contributed by atoms with van der Waals surface area (Å²) in [7, 11) is 0. The Hall–Kier alpha value is -1.99. The summed E-state index contributed by atoms with van der Waals surface area (Å²) in [5.41, 5.74) is 1.53. The Balaban J connectivity index is 1.73. The van der Waals surface area contributed by atoms with Gasteiger partial charge < -0.3 is 14.8 Å². The summed E-state index contributed by atoms with van der Waals surface area (Å²) in [5, 5.41) is 16.1. The van der Waals surface area contributed by atoms with Crippen LogP contribution in [0.15, 0.2) is 23.6 Å². The molecule has 3 rings (SSSR count). The summed E-state index contributed by atoms with van der Waals surface area (Å²) >= 11 is 7.23. The number of fused-ring (bicyclic) bond motifs is 1. The Bertz CT molecular complexity index is 673. The third-order valence-corrected chi connectivity index (χ3v) is 4.01. The Morgan fingerprint density at radius 1 is 1.35 bits per heavy atom. The molecule has 8 heteroatoms. The van der Waals surface area contributed by atoms with Crippen molar-refractivity contribution >= 4 is 33.6 Å². The van der Waals surface area contributed by atoms with Crippen molar-refractivity contribution in [2.75, 3.05) is 12.1 Å². The van der Waals surface area contributed by atoms with Crippen LogP contribution in [-0.4, -0.2) is 11.7 Å². The first-order chi connectivity index (χ1) is 9.63. The molecule has 0 fully saturated rings. The lowest BCUT2D eigenvalue weighted by molar-refractivity contribution is -0.380. The smallest absolute Gasteiger partial charge is 0.324 e. The lowest BCUT2D eigenvalue weighted by Crippen LogP contribution is -1.98. The molecule has 0 unspecified atom stereocenters. The number of halogens is 1. The largest absolute Gasteiger partial charge is 0.454 e. The molecule has 0 atom stereocenters. The van der Waals surface area contributed by atoms with Crippen LogP contribution in [0.2, 0.25) is 5.02 Å².